The molecule has 0 radical (unpaired) electrons. The predicted molar refractivity (Wildman–Crippen MR) is 106 cm³/mol. The van der Waals surface area contributed by atoms with Crippen molar-refractivity contribution in [1.29, 1.82) is 5.26 Å². The molecule has 3 rings (SSSR count). The zero-order valence-electron chi connectivity index (χ0n) is 16.3. The van der Waals surface area contributed by atoms with Crippen LogP contribution in [0.4, 0.5) is 4.79 Å². The molecule has 1 aliphatic heterocycles. The fourth-order valence-corrected chi connectivity index (χ4v) is 4.50. The molecule has 28 heavy (non-hydrogen) atoms. The van der Waals surface area contributed by atoms with Crippen LogP contribution in [0.1, 0.15) is 39.9 Å². The van der Waals surface area contributed by atoms with E-state index in [1.165, 1.54) is 17.4 Å². The quantitative estimate of drug-likeness (QED) is 0.637. The van der Waals surface area contributed by atoms with E-state index >= 15 is 0 Å². The third-order valence-electron chi connectivity index (χ3n) is 4.95. The second-order valence-corrected chi connectivity index (χ2v) is 7.81. The number of urea groups is 1. The number of barbiturate groups is 1. The van der Waals surface area contributed by atoms with Gasteiger partial charge in [0.1, 0.15) is 16.6 Å². The molecule has 0 atom stereocenters. The molecule has 1 fully saturated rings. The van der Waals surface area contributed by atoms with Crippen LogP contribution in [0.3, 0.4) is 0 Å². The number of hydrogen-bond donors (Lipinski definition) is 1. The average molecular weight is 396 g/mol. The number of likely N-dealkylation sites (N-methyl/N-ethyl adjacent to an activating group) is 1. The molecule has 2 aromatic rings. The van der Waals surface area contributed by atoms with Crippen molar-refractivity contribution in [2.24, 2.45) is 0 Å². The number of nitrogens with zero attached hydrogens (tertiary/aromatic N) is 3. The maximum Gasteiger partial charge on any atom is 0.331 e. The van der Waals surface area contributed by atoms with Gasteiger partial charge in [0.2, 0.25) is 0 Å². The van der Waals surface area contributed by atoms with E-state index in [0.717, 1.165) is 31.7 Å². The number of carbonyl (C=O) groups is 3. The Kier molecular flexibility index (Phi) is 4.96. The average Bonchev–Trinajstić information content (AvgIpc) is 3.07. The van der Waals surface area contributed by atoms with Gasteiger partial charge in [0.15, 0.2) is 0 Å². The molecule has 8 heteroatoms. The van der Waals surface area contributed by atoms with Crippen molar-refractivity contribution in [1.82, 2.24) is 14.8 Å². The summed E-state index contributed by atoms with van der Waals surface area (Å²) < 4.78 is 1.96. The van der Waals surface area contributed by atoms with Gasteiger partial charge < -0.3 is 4.57 Å². The summed E-state index contributed by atoms with van der Waals surface area (Å²) in [5.41, 5.74) is 3.87. The van der Waals surface area contributed by atoms with Crippen molar-refractivity contribution in [3.8, 4) is 11.1 Å². The molecule has 4 amide bonds. The van der Waals surface area contributed by atoms with Crippen LogP contribution in [0.2, 0.25) is 0 Å². The molecular formula is C20H20N4O3S. The zero-order valence-corrected chi connectivity index (χ0v) is 17.2. The zero-order chi connectivity index (χ0) is 20.7. The number of carbonyl (C=O) groups excluding carboxylic acids is 3. The standard InChI is InChI=1S/C20H20N4O3S/c1-6-23-18(26)15(17(25)22-20(23)27)8-14-7-10(2)24(12(14)4)19-16(9-21)11(3)13(5)28-19/h7-8H,6H2,1-5H3,(H,22,25,27)/b15-8-. The second kappa shape index (κ2) is 7.09. The summed E-state index contributed by atoms with van der Waals surface area (Å²) in [6.45, 7) is 9.52. The Morgan fingerprint density at radius 3 is 2.50 bits per heavy atom. The highest BCUT2D eigenvalue weighted by molar-refractivity contribution is 7.14. The van der Waals surface area contributed by atoms with Gasteiger partial charge in [0.05, 0.1) is 5.56 Å². The van der Waals surface area contributed by atoms with Crippen molar-refractivity contribution >= 4 is 35.3 Å². The largest absolute Gasteiger partial charge is 0.331 e. The Morgan fingerprint density at radius 1 is 1.21 bits per heavy atom. The van der Waals surface area contributed by atoms with Crippen LogP contribution >= 0.6 is 11.3 Å². The van der Waals surface area contributed by atoms with Gasteiger partial charge in [-0.05, 0) is 57.9 Å². The molecule has 1 saturated heterocycles. The fourth-order valence-electron chi connectivity index (χ4n) is 3.28. The molecule has 2 aromatic heterocycles. The maximum absolute atomic E-state index is 12.5. The maximum atomic E-state index is 12.5. The third kappa shape index (κ3) is 2.94. The topological polar surface area (TPSA) is 95.2 Å². The van der Waals surface area contributed by atoms with E-state index < -0.39 is 17.8 Å². The van der Waals surface area contributed by atoms with Crippen LogP contribution < -0.4 is 5.32 Å². The summed E-state index contributed by atoms with van der Waals surface area (Å²) in [7, 11) is 0. The SMILES string of the molecule is CCN1C(=O)NC(=O)/C(=C/c2cc(C)n(-c3sc(C)c(C)c3C#N)c2C)C1=O. The van der Waals surface area contributed by atoms with Gasteiger partial charge in [0, 0.05) is 22.8 Å². The number of amides is 4. The van der Waals surface area contributed by atoms with Gasteiger partial charge in [-0.15, -0.1) is 11.3 Å². The lowest BCUT2D eigenvalue weighted by Gasteiger charge is -2.24. The van der Waals surface area contributed by atoms with E-state index in [1.54, 1.807) is 6.92 Å². The molecule has 1 aliphatic rings. The molecule has 0 aromatic carbocycles. The van der Waals surface area contributed by atoms with Gasteiger partial charge in [-0.2, -0.15) is 5.26 Å². The van der Waals surface area contributed by atoms with E-state index in [9.17, 15) is 19.6 Å². The van der Waals surface area contributed by atoms with Crippen molar-refractivity contribution in [2.75, 3.05) is 6.54 Å². The third-order valence-corrected chi connectivity index (χ3v) is 6.15. The Hall–Kier alpha value is -3.18. The first-order chi connectivity index (χ1) is 13.2. The molecule has 0 unspecified atom stereocenters. The van der Waals surface area contributed by atoms with Crippen LogP contribution in [-0.2, 0) is 9.59 Å². The molecule has 0 bridgehead atoms. The molecule has 0 spiro atoms. The Balaban J connectivity index is 2.13. The highest BCUT2D eigenvalue weighted by Gasteiger charge is 2.34. The van der Waals surface area contributed by atoms with Crippen molar-refractivity contribution < 1.29 is 14.4 Å². The van der Waals surface area contributed by atoms with Crippen LogP contribution in [0, 0.1) is 39.0 Å². The van der Waals surface area contributed by atoms with E-state index in [0.29, 0.717) is 11.1 Å². The molecular weight excluding hydrogens is 376 g/mol. The van der Waals surface area contributed by atoms with Crippen molar-refractivity contribution in [2.45, 2.75) is 34.6 Å². The van der Waals surface area contributed by atoms with Gasteiger partial charge in [0.25, 0.3) is 11.8 Å². The first kappa shape index (κ1) is 19.6. The van der Waals surface area contributed by atoms with Crippen LogP contribution in [0.25, 0.3) is 11.1 Å². The summed E-state index contributed by atoms with van der Waals surface area (Å²) in [5, 5.41) is 12.6. The lowest BCUT2D eigenvalue weighted by Crippen LogP contribution is -2.53. The van der Waals surface area contributed by atoms with Gasteiger partial charge in [-0.1, -0.05) is 0 Å². The van der Waals surface area contributed by atoms with Gasteiger partial charge in [-0.25, -0.2) is 4.79 Å². The Bertz CT molecular complexity index is 1100. The Morgan fingerprint density at radius 2 is 1.89 bits per heavy atom. The number of nitriles is 1. The smallest absolute Gasteiger partial charge is 0.308 e. The number of aryl methyl sites for hydroxylation is 2. The number of thiophene rings is 1. The first-order valence-electron chi connectivity index (χ1n) is 8.79. The number of hydrogen-bond acceptors (Lipinski definition) is 5. The molecule has 0 aliphatic carbocycles. The van der Waals surface area contributed by atoms with Gasteiger partial charge in [-0.3, -0.25) is 19.8 Å². The first-order valence-corrected chi connectivity index (χ1v) is 9.61. The highest BCUT2D eigenvalue weighted by Crippen LogP contribution is 2.34. The number of nitrogens with one attached hydrogen (secondary N) is 1. The van der Waals surface area contributed by atoms with E-state index in [-0.39, 0.29) is 12.1 Å². The fraction of sp³-hybridized carbons (Fsp3) is 0.300. The van der Waals surface area contributed by atoms with Crippen LogP contribution in [-0.4, -0.2) is 33.9 Å². The summed E-state index contributed by atoms with van der Waals surface area (Å²) in [5.74, 6) is -1.31. The summed E-state index contributed by atoms with van der Waals surface area (Å²) in [6.07, 6.45) is 1.50. The van der Waals surface area contributed by atoms with Gasteiger partial charge >= 0.3 is 6.03 Å². The van der Waals surface area contributed by atoms with Crippen LogP contribution in [0.5, 0.6) is 0 Å². The molecule has 0 saturated carbocycles. The number of aromatic nitrogens is 1. The normalized spacial score (nSPS) is 15.9. The molecule has 7 nitrogen and oxygen atoms in total. The molecule has 1 N–H and O–H groups in total. The van der Waals surface area contributed by atoms with Crippen molar-refractivity contribution in [3.63, 3.8) is 0 Å². The predicted octanol–water partition coefficient (Wildman–Crippen LogP) is 3.13. The minimum absolute atomic E-state index is 0.0826. The monoisotopic (exact) mass is 396 g/mol. The van der Waals surface area contributed by atoms with E-state index in [2.05, 4.69) is 11.4 Å². The lowest BCUT2D eigenvalue weighted by atomic mass is 10.1. The van der Waals surface area contributed by atoms with E-state index in [1.807, 2.05) is 38.3 Å². The van der Waals surface area contributed by atoms with Crippen LogP contribution in [0.15, 0.2) is 11.6 Å². The lowest BCUT2D eigenvalue weighted by molar-refractivity contribution is -0.129. The second-order valence-electron chi connectivity index (χ2n) is 6.60. The van der Waals surface area contributed by atoms with Crippen molar-refractivity contribution in [3.05, 3.63) is 44.6 Å². The summed E-state index contributed by atoms with van der Waals surface area (Å²) in [4.78, 5) is 38.6. The summed E-state index contributed by atoms with van der Waals surface area (Å²) >= 11 is 1.53. The molecule has 144 valence electrons. The number of rotatable bonds is 3. The number of imide groups is 2. The van der Waals surface area contributed by atoms with E-state index in [4.69, 9.17) is 0 Å². The minimum Gasteiger partial charge on any atom is -0.308 e. The highest BCUT2D eigenvalue weighted by atomic mass is 32.1. The minimum atomic E-state index is -0.705. The molecule has 3 heterocycles. The summed E-state index contributed by atoms with van der Waals surface area (Å²) in [6, 6.07) is 3.43. The Labute approximate surface area is 166 Å².